The molecular weight excluding hydrogens is 194 g/mol. The molecule has 2 atom stereocenters. The van der Waals surface area contributed by atoms with Gasteiger partial charge in [0.2, 0.25) is 0 Å². The molecule has 0 bridgehead atoms. The van der Waals surface area contributed by atoms with Crippen LogP contribution in [0.1, 0.15) is 43.9 Å². The van der Waals surface area contributed by atoms with Crippen LogP contribution in [0.4, 0.5) is 0 Å². The number of nitrogens with one attached hydrogen (secondary N) is 1. The van der Waals surface area contributed by atoms with Crippen LogP contribution in [0.3, 0.4) is 0 Å². The second kappa shape index (κ2) is 6.35. The van der Waals surface area contributed by atoms with E-state index >= 15 is 0 Å². The van der Waals surface area contributed by atoms with E-state index < -0.39 is 0 Å². The zero-order valence-corrected chi connectivity index (χ0v) is 10.5. The van der Waals surface area contributed by atoms with Gasteiger partial charge in [0.1, 0.15) is 0 Å². The van der Waals surface area contributed by atoms with Gasteiger partial charge in [0.25, 0.3) is 0 Å². The smallest absolute Gasteiger partial charge is 0.0294 e. The highest BCUT2D eigenvalue weighted by atomic mass is 14.9. The lowest BCUT2D eigenvalue weighted by Gasteiger charge is -2.21. The molecule has 1 rings (SSSR count). The Kier molecular flexibility index (Phi) is 5.08. The number of terminal acetylenes is 1. The fraction of sp³-hybridized carbons (Fsp3) is 0.467. The second-order valence-electron chi connectivity index (χ2n) is 4.31. The minimum Gasteiger partial charge on any atom is -0.307 e. The summed E-state index contributed by atoms with van der Waals surface area (Å²) >= 11 is 0. The van der Waals surface area contributed by atoms with Crippen molar-refractivity contribution in [2.75, 3.05) is 0 Å². The Hall–Kier alpha value is -1.26. The van der Waals surface area contributed by atoms with Crippen LogP contribution in [0.15, 0.2) is 24.3 Å². The van der Waals surface area contributed by atoms with E-state index in [-0.39, 0.29) is 0 Å². The third-order valence-corrected chi connectivity index (χ3v) is 2.92. The molecule has 1 nitrogen and oxygen atoms in total. The molecule has 0 aliphatic carbocycles. The minimum atomic E-state index is 0.360. The van der Waals surface area contributed by atoms with Gasteiger partial charge in [0.05, 0.1) is 0 Å². The van der Waals surface area contributed by atoms with Crippen molar-refractivity contribution in [2.45, 2.75) is 45.7 Å². The van der Waals surface area contributed by atoms with Crippen molar-refractivity contribution in [1.29, 1.82) is 0 Å². The summed E-state index contributed by atoms with van der Waals surface area (Å²) in [5.74, 6) is 2.72. The van der Waals surface area contributed by atoms with Crippen LogP contribution >= 0.6 is 0 Å². The van der Waals surface area contributed by atoms with Gasteiger partial charge in [-0.15, -0.1) is 12.3 Å². The summed E-state index contributed by atoms with van der Waals surface area (Å²) in [5, 5.41) is 3.56. The maximum Gasteiger partial charge on any atom is 0.0294 e. The first-order valence-electron chi connectivity index (χ1n) is 5.93. The fourth-order valence-corrected chi connectivity index (χ4v) is 1.77. The first kappa shape index (κ1) is 12.8. The summed E-state index contributed by atoms with van der Waals surface area (Å²) in [4.78, 5) is 0. The van der Waals surface area contributed by atoms with E-state index in [0.29, 0.717) is 12.1 Å². The summed E-state index contributed by atoms with van der Waals surface area (Å²) in [6, 6.07) is 9.43. The van der Waals surface area contributed by atoms with Gasteiger partial charge in [0, 0.05) is 18.5 Å². The minimum absolute atomic E-state index is 0.360. The van der Waals surface area contributed by atoms with E-state index in [1.807, 2.05) is 0 Å². The van der Waals surface area contributed by atoms with Crippen LogP contribution in [-0.2, 0) is 0 Å². The third kappa shape index (κ3) is 3.72. The van der Waals surface area contributed by atoms with E-state index in [4.69, 9.17) is 6.42 Å². The molecule has 0 spiro atoms. The number of aryl methyl sites for hydroxylation is 1. The highest BCUT2D eigenvalue weighted by Crippen LogP contribution is 2.15. The van der Waals surface area contributed by atoms with E-state index in [1.165, 1.54) is 11.1 Å². The molecule has 0 aromatic heterocycles. The summed E-state index contributed by atoms with van der Waals surface area (Å²) in [7, 11) is 0. The first-order chi connectivity index (χ1) is 7.67. The Morgan fingerprint density at radius 3 is 2.44 bits per heavy atom. The molecule has 2 unspecified atom stereocenters. The molecule has 86 valence electrons. The van der Waals surface area contributed by atoms with Crippen LogP contribution in [0.2, 0.25) is 0 Å². The van der Waals surface area contributed by atoms with Gasteiger partial charge in [-0.2, -0.15) is 0 Å². The number of hydrogen-bond acceptors (Lipinski definition) is 1. The van der Waals surface area contributed by atoms with E-state index in [0.717, 1.165) is 12.8 Å². The van der Waals surface area contributed by atoms with Crippen LogP contribution in [-0.4, -0.2) is 6.04 Å². The molecule has 0 amide bonds. The lowest BCUT2D eigenvalue weighted by Crippen LogP contribution is -2.30. The van der Waals surface area contributed by atoms with Crippen molar-refractivity contribution >= 4 is 0 Å². The van der Waals surface area contributed by atoms with E-state index in [9.17, 15) is 0 Å². The molecule has 0 saturated heterocycles. The molecule has 0 aliphatic rings. The summed E-state index contributed by atoms with van der Waals surface area (Å²) in [5.41, 5.74) is 2.62. The molecule has 0 heterocycles. The maximum absolute atomic E-state index is 5.35. The molecule has 0 saturated carbocycles. The van der Waals surface area contributed by atoms with Gasteiger partial charge in [-0.25, -0.2) is 0 Å². The molecular formula is C15H21N. The quantitative estimate of drug-likeness (QED) is 0.742. The highest BCUT2D eigenvalue weighted by molar-refractivity contribution is 5.23. The van der Waals surface area contributed by atoms with Crippen LogP contribution in [0.5, 0.6) is 0 Å². The first-order valence-corrected chi connectivity index (χ1v) is 5.93. The standard InChI is InChI=1S/C15H21N/c1-5-7-15(6-2)16-13(4)14-10-8-12(3)9-11-14/h1,8-11,13,15-16H,6-7H2,2-4H3. The SMILES string of the molecule is C#CCC(CC)NC(C)c1ccc(C)cc1. The Bertz CT molecular complexity index is 345. The summed E-state index contributed by atoms with van der Waals surface area (Å²) in [6.45, 7) is 6.45. The number of rotatable bonds is 5. The van der Waals surface area contributed by atoms with Gasteiger partial charge < -0.3 is 5.32 Å². The largest absolute Gasteiger partial charge is 0.307 e. The average molecular weight is 215 g/mol. The normalized spacial score (nSPS) is 14.1. The van der Waals surface area contributed by atoms with Crippen LogP contribution in [0, 0.1) is 19.3 Å². The van der Waals surface area contributed by atoms with Gasteiger partial charge >= 0.3 is 0 Å². The Morgan fingerprint density at radius 2 is 1.94 bits per heavy atom. The van der Waals surface area contributed by atoms with Crippen LogP contribution < -0.4 is 5.32 Å². The van der Waals surface area contributed by atoms with Crippen molar-refractivity contribution in [3.63, 3.8) is 0 Å². The van der Waals surface area contributed by atoms with Crippen molar-refractivity contribution in [3.8, 4) is 12.3 Å². The van der Waals surface area contributed by atoms with E-state index in [1.54, 1.807) is 0 Å². The zero-order chi connectivity index (χ0) is 12.0. The molecule has 1 N–H and O–H groups in total. The van der Waals surface area contributed by atoms with Gasteiger partial charge in [-0.3, -0.25) is 0 Å². The second-order valence-corrected chi connectivity index (χ2v) is 4.31. The monoisotopic (exact) mass is 215 g/mol. The highest BCUT2D eigenvalue weighted by Gasteiger charge is 2.10. The topological polar surface area (TPSA) is 12.0 Å². The van der Waals surface area contributed by atoms with Gasteiger partial charge in [-0.1, -0.05) is 36.8 Å². The van der Waals surface area contributed by atoms with Crippen molar-refractivity contribution in [1.82, 2.24) is 5.32 Å². The molecule has 0 fully saturated rings. The molecule has 0 radical (unpaired) electrons. The predicted molar refractivity (Wildman–Crippen MR) is 70.3 cm³/mol. The Labute approximate surface area is 99.3 Å². The number of benzene rings is 1. The zero-order valence-electron chi connectivity index (χ0n) is 10.5. The molecule has 1 aromatic rings. The molecule has 0 aliphatic heterocycles. The summed E-state index contributed by atoms with van der Waals surface area (Å²) < 4.78 is 0. The average Bonchev–Trinajstić information content (AvgIpc) is 2.29. The summed E-state index contributed by atoms with van der Waals surface area (Å²) in [6.07, 6.45) is 7.22. The predicted octanol–water partition coefficient (Wildman–Crippen LogP) is 3.45. The number of hydrogen-bond donors (Lipinski definition) is 1. The molecule has 1 aromatic carbocycles. The third-order valence-electron chi connectivity index (χ3n) is 2.92. The van der Waals surface area contributed by atoms with Crippen molar-refractivity contribution in [2.24, 2.45) is 0 Å². The molecule has 16 heavy (non-hydrogen) atoms. The Morgan fingerprint density at radius 1 is 1.31 bits per heavy atom. The van der Waals surface area contributed by atoms with Crippen molar-refractivity contribution in [3.05, 3.63) is 35.4 Å². The van der Waals surface area contributed by atoms with Gasteiger partial charge in [-0.05, 0) is 25.8 Å². The van der Waals surface area contributed by atoms with Crippen molar-refractivity contribution < 1.29 is 0 Å². The van der Waals surface area contributed by atoms with Gasteiger partial charge in [0.15, 0.2) is 0 Å². The van der Waals surface area contributed by atoms with Crippen LogP contribution in [0.25, 0.3) is 0 Å². The lowest BCUT2D eigenvalue weighted by molar-refractivity contribution is 0.449. The maximum atomic E-state index is 5.35. The lowest BCUT2D eigenvalue weighted by atomic mass is 10.0. The fourth-order valence-electron chi connectivity index (χ4n) is 1.77. The Balaban J connectivity index is 2.60. The molecule has 1 heteroatoms. The van der Waals surface area contributed by atoms with E-state index in [2.05, 4.69) is 56.3 Å².